The minimum Gasteiger partial charge on any atom is -0.304 e. The summed E-state index contributed by atoms with van der Waals surface area (Å²) in [5, 5.41) is 4.13. The van der Waals surface area contributed by atoms with Crippen LogP contribution in [0.25, 0.3) is 5.69 Å². The predicted octanol–water partition coefficient (Wildman–Crippen LogP) is 2.96. The Hall–Kier alpha value is -3.28. The van der Waals surface area contributed by atoms with Gasteiger partial charge >= 0.3 is 0 Å². The van der Waals surface area contributed by atoms with E-state index in [0.29, 0.717) is 0 Å². The number of carbonyl (C=O) groups is 1. The van der Waals surface area contributed by atoms with E-state index in [2.05, 4.69) is 5.10 Å². The molecule has 4 rings (SSSR count). The Morgan fingerprint density at radius 1 is 1.04 bits per heavy atom. The van der Waals surface area contributed by atoms with Crippen molar-refractivity contribution < 1.29 is 9.18 Å². The van der Waals surface area contributed by atoms with E-state index in [0.717, 1.165) is 22.4 Å². The quantitative estimate of drug-likeness (QED) is 0.715. The molecular formula is C20H16FN3O2. The molecular weight excluding hydrogens is 333 g/mol. The molecule has 2 heterocycles. The lowest BCUT2D eigenvalue weighted by molar-refractivity contribution is 0.0975. The van der Waals surface area contributed by atoms with E-state index >= 15 is 0 Å². The van der Waals surface area contributed by atoms with Gasteiger partial charge in [0.05, 0.1) is 0 Å². The van der Waals surface area contributed by atoms with Gasteiger partial charge in [0.25, 0.3) is 11.5 Å². The van der Waals surface area contributed by atoms with Gasteiger partial charge in [-0.05, 0) is 43.2 Å². The fourth-order valence-corrected chi connectivity index (χ4v) is 3.32. The molecule has 0 fully saturated rings. The van der Waals surface area contributed by atoms with Crippen molar-refractivity contribution in [1.82, 2.24) is 9.78 Å². The maximum atomic E-state index is 14.1. The van der Waals surface area contributed by atoms with E-state index < -0.39 is 11.4 Å². The monoisotopic (exact) mass is 349 g/mol. The van der Waals surface area contributed by atoms with E-state index in [9.17, 15) is 14.0 Å². The van der Waals surface area contributed by atoms with Crippen molar-refractivity contribution in [3.63, 3.8) is 0 Å². The summed E-state index contributed by atoms with van der Waals surface area (Å²) in [6.45, 7) is 1.96. The van der Waals surface area contributed by atoms with Gasteiger partial charge in [0.1, 0.15) is 17.2 Å². The first-order valence-corrected chi connectivity index (χ1v) is 8.33. The lowest BCUT2D eigenvalue weighted by atomic mass is 10.1. The number of fused-ring (bicyclic) bond motifs is 1. The van der Waals surface area contributed by atoms with Gasteiger partial charge in [0, 0.05) is 17.8 Å². The summed E-state index contributed by atoms with van der Waals surface area (Å²) in [6.07, 6.45) is 0.759. The highest BCUT2D eigenvalue weighted by molar-refractivity contribution is 6.06. The van der Waals surface area contributed by atoms with Crippen molar-refractivity contribution in [2.24, 2.45) is 0 Å². The smallest absolute Gasteiger partial charge is 0.278 e. The zero-order chi connectivity index (χ0) is 18.3. The number of anilines is 1. The van der Waals surface area contributed by atoms with Gasteiger partial charge in [-0.1, -0.05) is 30.3 Å². The molecule has 0 radical (unpaired) electrons. The largest absolute Gasteiger partial charge is 0.304 e. The molecule has 1 atom stereocenters. The van der Waals surface area contributed by atoms with E-state index in [1.54, 1.807) is 11.0 Å². The van der Waals surface area contributed by atoms with Crippen LogP contribution in [0.15, 0.2) is 65.5 Å². The van der Waals surface area contributed by atoms with E-state index in [-0.39, 0.29) is 23.3 Å². The first kappa shape index (κ1) is 16.2. The van der Waals surface area contributed by atoms with Crippen LogP contribution in [0.5, 0.6) is 0 Å². The van der Waals surface area contributed by atoms with E-state index in [1.807, 2.05) is 31.2 Å². The van der Waals surface area contributed by atoms with Crippen LogP contribution in [-0.4, -0.2) is 21.7 Å². The summed E-state index contributed by atoms with van der Waals surface area (Å²) in [6, 6.07) is 16.1. The van der Waals surface area contributed by atoms with Gasteiger partial charge in [-0.3, -0.25) is 9.59 Å². The fourth-order valence-electron chi connectivity index (χ4n) is 3.32. The van der Waals surface area contributed by atoms with Crippen LogP contribution in [0.1, 0.15) is 23.0 Å². The third kappa shape index (κ3) is 2.60. The summed E-state index contributed by atoms with van der Waals surface area (Å²) in [7, 11) is 0. The molecule has 0 saturated carbocycles. The third-order valence-electron chi connectivity index (χ3n) is 4.53. The summed E-state index contributed by atoms with van der Waals surface area (Å²) >= 11 is 0. The van der Waals surface area contributed by atoms with Crippen LogP contribution in [0, 0.1) is 5.82 Å². The molecule has 1 aliphatic rings. The minimum atomic E-state index is -0.577. The van der Waals surface area contributed by atoms with Crippen LogP contribution < -0.4 is 10.5 Å². The Balaban J connectivity index is 1.78. The molecule has 1 unspecified atom stereocenters. The highest BCUT2D eigenvalue weighted by Crippen LogP contribution is 2.32. The zero-order valence-electron chi connectivity index (χ0n) is 14.1. The van der Waals surface area contributed by atoms with E-state index in [1.165, 1.54) is 30.3 Å². The first-order chi connectivity index (χ1) is 12.6. The predicted molar refractivity (Wildman–Crippen MR) is 96.2 cm³/mol. The van der Waals surface area contributed by atoms with Crippen LogP contribution in [0.2, 0.25) is 0 Å². The van der Waals surface area contributed by atoms with Crippen molar-refractivity contribution in [2.45, 2.75) is 19.4 Å². The Morgan fingerprint density at radius 2 is 1.73 bits per heavy atom. The lowest BCUT2D eigenvalue weighted by Gasteiger charge is -2.22. The van der Waals surface area contributed by atoms with Crippen molar-refractivity contribution in [3.8, 4) is 5.69 Å². The molecule has 26 heavy (non-hydrogen) atoms. The number of para-hydroxylation sites is 2. The molecule has 0 saturated heterocycles. The first-order valence-electron chi connectivity index (χ1n) is 8.33. The average molecular weight is 349 g/mol. The zero-order valence-corrected chi connectivity index (χ0v) is 14.1. The number of hydrogen-bond donors (Lipinski definition) is 0. The van der Waals surface area contributed by atoms with Crippen molar-refractivity contribution >= 4 is 11.6 Å². The highest BCUT2D eigenvalue weighted by atomic mass is 19.1. The molecule has 0 N–H and O–H groups in total. The number of nitrogens with zero attached hydrogens (tertiary/aromatic N) is 3. The molecule has 1 aromatic heterocycles. The molecule has 5 nitrogen and oxygen atoms in total. The number of carbonyl (C=O) groups excluding carboxylic acids is 1. The molecule has 6 heteroatoms. The number of amides is 1. The standard InChI is InChI=1S/C20H16FN3O2/c1-13-12-14-6-2-4-8-17(14)23(13)20(26)16-10-11-19(25)24(22-16)18-9-5-3-7-15(18)21/h2-11,13H,12H2,1H3. The van der Waals surface area contributed by atoms with Crippen molar-refractivity contribution in [2.75, 3.05) is 4.90 Å². The van der Waals surface area contributed by atoms with Gasteiger partial charge < -0.3 is 4.90 Å². The molecule has 130 valence electrons. The molecule has 0 bridgehead atoms. The topological polar surface area (TPSA) is 55.2 Å². The second-order valence-corrected chi connectivity index (χ2v) is 6.28. The van der Waals surface area contributed by atoms with Crippen LogP contribution in [-0.2, 0) is 6.42 Å². The van der Waals surface area contributed by atoms with E-state index in [4.69, 9.17) is 0 Å². The van der Waals surface area contributed by atoms with Gasteiger partial charge in [0.2, 0.25) is 0 Å². The Labute approximate surface area is 149 Å². The SMILES string of the molecule is CC1Cc2ccccc2N1C(=O)c1ccc(=O)n(-c2ccccc2F)n1. The number of benzene rings is 2. The van der Waals surface area contributed by atoms with Crippen LogP contribution >= 0.6 is 0 Å². The highest BCUT2D eigenvalue weighted by Gasteiger charge is 2.32. The normalized spacial score (nSPS) is 15.8. The molecule has 1 aliphatic heterocycles. The Bertz CT molecular complexity index is 1060. The summed E-state index contributed by atoms with van der Waals surface area (Å²) in [4.78, 5) is 26.9. The summed E-state index contributed by atoms with van der Waals surface area (Å²) < 4.78 is 15.0. The van der Waals surface area contributed by atoms with Gasteiger partial charge in [-0.25, -0.2) is 4.39 Å². The van der Waals surface area contributed by atoms with Crippen LogP contribution in [0.4, 0.5) is 10.1 Å². The second kappa shape index (κ2) is 6.22. The van der Waals surface area contributed by atoms with Crippen LogP contribution in [0.3, 0.4) is 0 Å². The van der Waals surface area contributed by atoms with Gasteiger partial charge in [0.15, 0.2) is 0 Å². The Morgan fingerprint density at radius 3 is 2.50 bits per heavy atom. The lowest BCUT2D eigenvalue weighted by Crippen LogP contribution is -2.37. The van der Waals surface area contributed by atoms with Crippen molar-refractivity contribution in [1.29, 1.82) is 0 Å². The number of halogens is 1. The van der Waals surface area contributed by atoms with Gasteiger partial charge in [-0.15, -0.1) is 0 Å². The number of aromatic nitrogens is 2. The minimum absolute atomic E-state index is 0.0158. The molecule has 0 spiro atoms. The van der Waals surface area contributed by atoms with Gasteiger partial charge in [-0.2, -0.15) is 9.78 Å². The molecule has 1 amide bonds. The summed E-state index contributed by atoms with van der Waals surface area (Å²) in [5.74, 6) is -0.890. The maximum absolute atomic E-state index is 14.1. The Kier molecular flexibility index (Phi) is 3.88. The maximum Gasteiger partial charge on any atom is 0.278 e. The molecule has 2 aromatic carbocycles. The third-order valence-corrected chi connectivity index (χ3v) is 4.53. The number of hydrogen-bond acceptors (Lipinski definition) is 3. The fraction of sp³-hybridized carbons (Fsp3) is 0.150. The summed E-state index contributed by atoms with van der Waals surface area (Å²) in [5.41, 5.74) is 1.55. The van der Waals surface area contributed by atoms with Crippen molar-refractivity contribution in [3.05, 3.63) is 88.1 Å². The average Bonchev–Trinajstić information content (AvgIpc) is 2.98. The second-order valence-electron chi connectivity index (χ2n) is 6.28. The number of rotatable bonds is 2. The molecule has 0 aliphatic carbocycles. The molecule has 3 aromatic rings.